The highest BCUT2D eigenvalue weighted by molar-refractivity contribution is 6.12. The predicted molar refractivity (Wildman–Crippen MR) is 204 cm³/mol. The van der Waals surface area contributed by atoms with Crippen molar-refractivity contribution in [2.45, 2.75) is 71.5 Å². The number of halogens is 1. The highest BCUT2D eigenvalue weighted by Crippen LogP contribution is 2.41. The van der Waals surface area contributed by atoms with E-state index in [1.807, 2.05) is 73.7 Å². The number of rotatable bonds is 11. The third-order valence-electron chi connectivity index (χ3n) is 11.2. The molecule has 2 fully saturated rings. The summed E-state index contributed by atoms with van der Waals surface area (Å²) in [5.74, 6) is -1.85. The molecule has 0 radical (unpaired) electrons. The van der Waals surface area contributed by atoms with Crippen LogP contribution < -0.4 is 20.1 Å². The van der Waals surface area contributed by atoms with E-state index < -0.39 is 17.1 Å². The molecule has 0 atom stereocenters. The Bertz CT molecular complexity index is 2180. The van der Waals surface area contributed by atoms with Gasteiger partial charge in [-0.2, -0.15) is 0 Å². The van der Waals surface area contributed by atoms with Crippen LogP contribution in [0.15, 0.2) is 91.0 Å². The molecule has 9 heteroatoms. The molecule has 7 rings (SSSR count). The largest absolute Gasteiger partial charge is 0.496 e. The van der Waals surface area contributed by atoms with Crippen molar-refractivity contribution >= 4 is 45.0 Å². The van der Waals surface area contributed by atoms with Gasteiger partial charge in [0, 0.05) is 12.6 Å². The Labute approximate surface area is 309 Å². The van der Waals surface area contributed by atoms with E-state index in [4.69, 9.17) is 14.2 Å². The maximum atomic E-state index is 15.4. The topological polar surface area (TPSA) is 103 Å². The lowest BCUT2D eigenvalue weighted by Gasteiger charge is -2.38. The molecule has 0 bridgehead atoms. The van der Waals surface area contributed by atoms with E-state index in [1.54, 1.807) is 12.1 Å². The second-order valence-electron chi connectivity index (χ2n) is 15.1. The summed E-state index contributed by atoms with van der Waals surface area (Å²) in [5, 5.41) is 9.82. The van der Waals surface area contributed by atoms with E-state index in [0.717, 1.165) is 52.4 Å². The highest BCUT2D eigenvalue weighted by atomic mass is 19.1. The van der Waals surface area contributed by atoms with Gasteiger partial charge in [-0.15, -0.1) is 0 Å². The molecule has 53 heavy (non-hydrogen) atoms. The quantitative estimate of drug-likeness (QED) is 0.132. The Hall–Kier alpha value is -5.44. The molecular weight excluding hydrogens is 671 g/mol. The Morgan fingerprint density at radius 1 is 0.774 bits per heavy atom. The fourth-order valence-corrected chi connectivity index (χ4v) is 7.50. The first-order valence-corrected chi connectivity index (χ1v) is 18.3. The summed E-state index contributed by atoms with van der Waals surface area (Å²) in [6.07, 6.45) is 4.90. The fourth-order valence-electron chi connectivity index (χ4n) is 7.50. The Morgan fingerprint density at radius 2 is 1.45 bits per heavy atom. The van der Waals surface area contributed by atoms with Gasteiger partial charge < -0.3 is 24.8 Å². The minimum absolute atomic E-state index is 0.0298. The van der Waals surface area contributed by atoms with E-state index >= 15 is 4.39 Å². The van der Waals surface area contributed by atoms with Crippen LogP contribution in [-0.2, 0) is 16.1 Å². The highest BCUT2D eigenvalue weighted by Gasteiger charge is 2.40. The number of anilines is 1. The van der Waals surface area contributed by atoms with Crippen molar-refractivity contribution in [2.75, 3.05) is 19.0 Å². The van der Waals surface area contributed by atoms with E-state index in [2.05, 4.69) is 17.6 Å². The second kappa shape index (κ2) is 14.9. The number of esters is 1. The van der Waals surface area contributed by atoms with Gasteiger partial charge in [-0.1, -0.05) is 80.1 Å². The van der Waals surface area contributed by atoms with Gasteiger partial charge in [-0.3, -0.25) is 14.4 Å². The fraction of sp³-hybridized carbons (Fsp3) is 0.341. The standard InChI is InChI=1S/C44H45FN2O6/c1-43(18-9-19-43)27-46-40(48)34-22-29-11-4-5-12-30(29)23-37(34)47-41(49)35-24-39(36(45)25-38(35)51-3)53-32-16-20-44(2,21-17-32)42(50)52-26-31-14-8-13-28-10-6-7-15-33(28)31/h4-8,10-15,22-25,32H,9,16-21,26-27H2,1-3H3,(H,46,48)(H,47,49)/t32-,44+. The van der Waals surface area contributed by atoms with Crippen LogP contribution in [0.4, 0.5) is 10.1 Å². The number of hydrogen-bond acceptors (Lipinski definition) is 6. The van der Waals surface area contributed by atoms with E-state index in [-0.39, 0.29) is 47.1 Å². The Kier molecular flexibility index (Phi) is 10.1. The number of carbonyl (C=O) groups excluding carboxylic acids is 3. The summed E-state index contributed by atoms with van der Waals surface area (Å²) in [6, 6.07) is 27.6. The van der Waals surface area contributed by atoms with E-state index in [9.17, 15) is 14.4 Å². The van der Waals surface area contributed by atoms with E-state index in [0.29, 0.717) is 43.5 Å². The maximum absolute atomic E-state index is 15.4. The van der Waals surface area contributed by atoms with Crippen LogP contribution in [0.25, 0.3) is 21.5 Å². The summed E-state index contributed by atoms with van der Waals surface area (Å²) in [5.41, 5.74) is 1.05. The molecule has 0 aliphatic heterocycles. The lowest BCUT2D eigenvalue weighted by molar-refractivity contribution is -0.159. The van der Waals surface area contributed by atoms with Gasteiger partial charge in [0.15, 0.2) is 11.6 Å². The molecule has 274 valence electrons. The molecule has 2 saturated carbocycles. The predicted octanol–water partition coefficient (Wildman–Crippen LogP) is 9.38. The van der Waals surface area contributed by atoms with Crippen molar-refractivity contribution in [3.8, 4) is 11.5 Å². The van der Waals surface area contributed by atoms with Crippen molar-refractivity contribution < 1.29 is 33.0 Å². The Balaban J connectivity index is 1.03. The van der Waals surface area contributed by atoms with Crippen molar-refractivity contribution in [3.63, 3.8) is 0 Å². The Morgan fingerprint density at radius 3 is 2.15 bits per heavy atom. The van der Waals surface area contributed by atoms with Gasteiger partial charge in [-0.05, 0) is 96.2 Å². The van der Waals surface area contributed by atoms with Crippen molar-refractivity contribution in [3.05, 3.63) is 114 Å². The minimum Gasteiger partial charge on any atom is -0.496 e. The van der Waals surface area contributed by atoms with Gasteiger partial charge >= 0.3 is 5.97 Å². The molecular formula is C44H45FN2O6. The third kappa shape index (κ3) is 7.70. The van der Waals surface area contributed by atoms with Crippen LogP contribution in [-0.4, -0.2) is 37.5 Å². The van der Waals surface area contributed by atoms with Gasteiger partial charge in [0.2, 0.25) is 0 Å². The number of fused-ring (bicyclic) bond motifs is 2. The monoisotopic (exact) mass is 716 g/mol. The first-order chi connectivity index (χ1) is 25.5. The molecule has 0 spiro atoms. The summed E-state index contributed by atoms with van der Waals surface area (Å²) >= 11 is 0. The molecule has 0 aromatic heterocycles. The molecule has 2 amide bonds. The number of benzene rings is 5. The number of hydrogen-bond donors (Lipinski definition) is 2. The van der Waals surface area contributed by atoms with Gasteiger partial charge in [-0.25, -0.2) is 4.39 Å². The van der Waals surface area contributed by atoms with Gasteiger partial charge in [0.25, 0.3) is 11.8 Å². The molecule has 8 nitrogen and oxygen atoms in total. The zero-order chi connectivity index (χ0) is 37.2. The minimum atomic E-state index is -0.701. The SMILES string of the molecule is COc1cc(F)c(O[C@H]2CC[C@@](C)(C(=O)OCc3cccc4ccccc34)CC2)cc1C(=O)Nc1cc2ccccc2cc1C(=O)NCC1(C)CCC1. The number of amides is 2. The normalized spacial score (nSPS) is 19.2. The number of ether oxygens (including phenoxy) is 3. The zero-order valence-corrected chi connectivity index (χ0v) is 30.4. The van der Waals surface area contributed by atoms with Crippen LogP contribution >= 0.6 is 0 Å². The van der Waals surface area contributed by atoms with Crippen molar-refractivity contribution in [2.24, 2.45) is 10.8 Å². The lowest BCUT2D eigenvalue weighted by Crippen LogP contribution is -2.40. The van der Waals surface area contributed by atoms with Crippen LogP contribution in [0.5, 0.6) is 11.5 Å². The van der Waals surface area contributed by atoms with Crippen LogP contribution in [0.2, 0.25) is 0 Å². The van der Waals surface area contributed by atoms with Gasteiger partial charge in [0.05, 0.1) is 35.4 Å². The summed E-state index contributed by atoms with van der Waals surface area (Å²) < 4.78 is 32.8. The van der Waals surface area contributed by atoms with Crippen molar-refractivity contribution in [1.29, 1.82) is 0 Å². The first-order valence-electron chi connectivity index (χ1n) is 18.3. The number of nitrogens with one attached hydrogen (secondary N) is 2. The lowest BCUT2D eigenvalue weighted by atomic mass is 9.70. The molecule has 2 N–H and O–H groups in total. The zero-order valence-electron chi connectivity index (χ0n) is 30.4. The van der Waals surface area contributed by atoms with Crippen molar-refractivity contribution in [1.82, 2.24) is 5.32 Å². The first kappa shape index (κ1) is 35.9. The third-order valence-corrected chi connectivity index (χ3v) is 11.2. The molecule has 2 aliphatic rings. The molecule has 5 aromatic carbocycles. The average molecular weight is 717 g/mol. The molecule has 0 saturated heterocycles. The van der Waals surface area contributed by atoms with Gasteiger partial charge in [0.1, 0.15) is 12.4 Å². The summed E-state index contributed by atoms with van der Waals surface area (Å²) in [7, 11) is 1.36. The summed E-state index contributed by atoms with van der Waals surface area (Å²) in [4.78, 5) is 40.7. The smallest absolute Gasteiger partial charge is 0.312 e. The number of carbonyl (C=O) groups is 3. The van der Waals surface area contributed by atoms with Crippen LogP contribution in [0.3, 0.4) is 0 Å². The second-order valence-corrected chi connectivity index (χ2v) is 15.1. The van der Waals surface area contributed by atoms with Crippen LogP contribution in [0, 0.1) is 16.6 Å². The molecule has 5 aromatic rings. The average Bonchev–Trinajstić information content (AvgIpc) is 3.16. The molecule has 0 heterocycles. The van der Waals surface area contributed by atoms with Crippen LogP contribution in [0.1, 0.15) is 85.1 Å². The molecule has 0 unspecified atom stereocenters. The molecule has 2 aliphatic carbocycles. The maximum Gasteiger partial charge on any atom is 0.312 e. The summed E-state index contributed by atoms with van der Waals surface area (Å²) in [6.45, 7) is 4.79. The number of methoxy groups -OCH3 is 1. The van der Waals surface area contributed by atoms with E-state index in [1.165, 1.54) is 13.2 Å².